The normalized spacial score (nSPS) is 12.8. The SMILES string of the molecule is CC/C=C\C/C=C\C/C=C\C/C=C\C/C=C\CC(=O)OC(COC(=O)CCCCCCCCCCCC)COC(=O)CCCCCCCCCCCCCCCCCCCCCCCC/C=C\C/C=C\C/C=C\C/C=C\CC. The zero-order valence-corrected chi connectivity index (χ0v) is 51.2. The summed E-state index contributed by atoms with van der Waals surface area (Å²) in [6.45, 7) is 6.34. The fourth-order valence-electron chi connectivity index (χ4n) is 9.22. The Balaban J connectivity index is 4.09. The molecule has 0 fully saturated rings. The molecule has 0 aromatic rings. The molecule has 446 valence electrons. The van der Waals surface area contributed by atoms with Crippen molar-refractivity contribution in [2.24, 2.45) is 0 Å². The summed E-state index contributed by atoms with van der Waals surface area (Å²) in [7, 11) is 0. The summed E-state index contributed by atoms with van der Waals surface area (Å²) >= 11 is 0. The van der Waals surface area contributed by atoms with Crippen LogP contribution in [0.1, 0.15) is 310 Å². The minimum absolute atomic E-state index is 0.0984. The molecule has 0 amide bonds. The third-order valence-corrected chi connectivity index (χ3v) is 14.1. The Hall–Kier alpha value is -3.93. The van der Waals surface area contributed by atoms with E-state index in [-0.39, 0.29) is 31.6 Å². The van der Waals surface area contributed by atoms with Crippen molar-refractivity contribution in [3.63, 3.8) is 0 Å². The fourth-order valence-corrected chi connectivity index (χ4v) is 9.22. The summed E-state index contributed by atoms with van der Waals surface area (Å²) in [5, 5.41) is 0. The topological polar surface area (TPSA) is 78.9 Å². The molecule has 0 radical (unpaired) electrons. The Morgan fingerprint density at radius 2 is 0.538 bits per heavy atom. The predicted molar refractivity (Wildman–Crippen MR) is 339 cm³/mol. The average molecular weight is 1080 g/mol. The molecule has 0 aliphatic carbocycles. The molecule has 1 atom stereocenters. The van der Waals surface area contributed by atoms with E-state index < -0.39 is 12.1 Å². The van der Waals surface area contributed by atoms with Crippen molar-refractivity contribution in [1.29, 1.82) is 0 Å². The predicted octanol–water partition coefficient (Wildman–Crippen LogP) is 22.6. The van der Waals surface area contributed by atoms with Gasteiger partial charge in [-0.05, 0) is 83.5 Å². The fraction of sp³-hybridized carbons (Fsp3) is 0.708. The van der Waals surface area contributed by atoms with E-state index in [1.165, 1.54) is 173 Å². The van der Waals surface area contributed by atoms with Crippen LogP contribution in [0.4, 0.5) is 0 Å². The molecule has 0 heterocycles. The van der Waals surface area contributed by atoms with Gasteiger partial charge in [0.05, 0.1) is 6.42 Å². The van der Waals surface area contributed by atoms with Gasteiger partial charge in [-0.1, -0.05) is 316 Å². The maximum absolute atomic E-state index is 12.8. The van der Waals surface area contributed by atoms with Gasteiger partial charge < -0.3 is 14.2 Å². The van der Waals surface area contributed by atoms with Gasteiger partial charge >= 0.3 is 17.9 Å². The van der Waals surface area contributed by atoms with Gasteiger partial charge in [-0.25, -0.2) is 0 Å². The van der Waals surface area contributed by atoms with Gasteiger partial charge in [-0.3, -0.25) is 14.4 Å². The minimum Gasteiger partial charge on any atom is -0.462 e. The van der Waals surface area contributed by atoms with E-state index in [0.29, 0.717) is 12.8 Å². The van der Waals surface area contributed by atoms with E-state index in [1.807, 2.05) is 6.08 Å². The van der Waals surface area contributed by atoms with Crippen LogP contribution >= 0.6 is 0 Å². The van der Waals surface area contributed by atoms with E-state index >= 15 is 0 Å². The molecular formula is C72H122O6. The van der Waals surface area contributed by atoms with Crippen molar-refractivity contribution < 1.29 is 28.6 Å². The molecule has 0 N–H and O–H groups in total. The van der Waals surface area contributed by atoms with Crippen LogP contribution in [-0.2, 0) is 28.6 Å². The highest BCUT2D eigenvalue weighted by molar-refractivity contribution is 5.72. The minimum atomic E-state index is -0.829. The quantitative estimate of drug-likeness (QED) is 0.0261. The lowest BCUT2D eigenvalue weighted by Crippen LogP contribution is -2.30. The van der Waals surface area contributed by atoms with Crippen LogP contribution in [0.3, 0.4) is 0 Å². The second kappa shape index (κ2) is 65.6. The van der Waals surface area contributed by atoms with Crippen LogP contribution in [0.5, 0.6) is 0 Å². The molecule has 0 aromatic carbocycles. The number of unbranched alkanes of at least 4 members (excludes halogenated alkanes) is 31. The van der Waals surface area contributed by atoms with Crippen molar-refractivity contribution in [3.8, 4) is 0 Å². The maximum atomic E-state index is 12.8. The molecule has 6 nitrogen and oxygen atoms in total. The van der Waals surface area contributed by atoms with Crippen molar-refractivity contribution >= 4 is 17.9 Å². The number of allylic oxidation sites excluding steroid dienone is 17. The van der Waals surface area contributed by atoms with Crippen molar-refractivity contribution in [2.45, 2.75) is 316 Å². The van der Waals surface area contributed by atoms with Gasteiger partial charge in [0.15, 0.2) is 6.10 Å². The standard InChI is InChI=1S/C72H122O6/c1-4-7-10-13-16-19-22-24-26-27-28-29-30-31-32-33-34-35-36-37-38-39-40-41-42-43-44-45-47-48-50-53-56-59-62-65-71(74)77-68-69(67-76-70(73)64-61-58-55-52-21-18-15-12-9-6-3)78-72(75)66-63-60-57-54-51-49-46-25-23-20-17-14-11-8-5-2/h7-8,10-11,16-17,19-20,24-26,28-29,46,51,54,60,63,69H,4-6,9,12-15,18,21-23,27,30-45,47-50,52-53,55-59,61-62,64-68H2,1-3H3/b10-7-,11-8-,19-16-,20-17-,26-24-,29-28-,46-25-,54-51-,63-60-. The van der Waals surface area contributed by atoms with Crippen LogP contribution in [0.25, 0.3) is 0 Å². The van der Waals surface area contributed by atoms with E-state index in [9.17, 15) is 14.4 Å². The molecule has 0 rings (SSSR count). The lowest BCUT2D eigenvalue weighted by molar-refractivity contribution is -0.166. The smallest absolute Gasteiger partial charge is 0.310 e. The molecular weight excluding hydrogens is 961 g/mol. The van der Waals surface area contributed by atoms with Gasteiger partial charge in [-0.15, -0.1) is 0 Å². The first kappa shape index (κ1) is 74.1. The number of carbonyl (C=O) groups excluding carboxylic acids is 3. The van der Waals surface area contributed by atoms with E-state index in [1.54, 1.807) is 6.08 Å². The Morgan fingerprint density at radius 3 is 0.846 bits per heavy atom. The third kappa shape index (κ3) is 62.9. The highest BCUT2D eigenvalue weighted by Gasteiger charge is 2.19. The summed E-state index contributed by atoms with van der Waals surface area (Å²) in [4.78, 5) is 38.1. The second-order valence-electron chi connectivity index (χ2n) is 21.6. The average Bonchev–Trinajstić information content (AvgIpc) is 3.44. The van der Waals surface area contributed by atoms with Crippen LogP contribution in [-0.4, -0.2) is 37.2 Å². The first-order valence-corrected chi connectivity index (χ1v) is 32.9. The first-order chi connectivity index (χ1) is 38.5. The van der Waals surface area contributed by atoms with E-state index in [0.717, 1.165) is 96.3 Å². The Labute approximate surface area is 482 Å². The third-order valence-electron chi connectivity index (χ3n) is 14.1. The second-order valence-corrected chi connectivity index (χ2v) is 21.6. The van der Waals surface area contributed by atoms with Crippen molar-refractivity contribution in [2.75, 3.05) is 13.2 Å². The molecule has 78 heavy (non-hydrogen) atoms. The largest absolute Gasteiger partial charge is 0.462 e. The molecule has 0 aliphatic heterocycles. The number of hydrogen-bond donors (Lipinski definition) is 0. The summed E-state index contributed by atoms with van der Waals surface area (Å²) in [6.07, 6.45) is 90.2. The lowest BCUT2D eigenvalue weighted by atomic mass is 10.0. The lowest BCUT2D eigenvalue weighted by Gasteiger charge is -2.18. The number of hydrogen-bond acceptors (Lipinski definition) is 6. The number of ether oxygens (including phenoxy) is 3. The molecule has 0 aliphatic rings. The van der Waals surface area contributed by atoms with Crippen molar-refractivity contribution in [1.82, 2.24) is 0 Å². The summed E-state index contributed by atoms with van der Waals surface area (Å²) in [6, 6.07) is 0. The highest BCUT2D eigenvalue weighted by atomic mass is 16.6. The van der Waals surface area contributed by atoms with E-state index in [2.05, 4.69) is 118 Å². The van der Waals surface area contributed by atoms with Gasteiger partial charge in [0.25, 0.3) is 0 Å². The van der Waals surface area contributed by atoms with E-state index in [4.69, 9.17) is 14.2 Å². The van der Waals surface area contributed by atoms with Crippen LogP contribution in [0.2, 0.25) is 0 Å². The summed E-state index contributed by atoms with van der Waals surface area (Å²) in [5.41, 5.74) is 0. The molecule has 0 bridgehead atoms. The van der Waals surface area contributed by atoms with Crippen LogP contribution < -0.4 is 0 Å². The number of rotatable bonds is 59. The monoisotopic (exact) mass is 1080 g/mol. The number of carbonyl (C=O) groups is 3. The van der Waals surface area contributed by atoms with Gasteiger partial charge in [-0.2, -0.15) is 0 Å². The highest BCUT2D eigenvalue weighted by Crippen LogP contribution is 2.17. The summed E-state index contributed by atoms with van der Waals surface area (Å²) in [5.74, 6) is -1.04. The zero-order chi connectivity index (χ0) is 56.4. The molecule has 0 saturated heterocycles. The van der Waals surface area contributed by atoms with Crippen LogP contribution in [0, 0.1) is 0 Å². The van der Waals surface area contributed by atoms with Gasteiger partial charge in [0, 0.05) is 12.8 Å². The Morgan fingerprint density at radius 1 is 0.282 bits per heavy atom. The van der Waals surface area contributed by atoms with Crippen molar-refractivity contribution in [3.05, 3.63) is 109 Å². The van der Waals surface area contributed by atoms with Crippen LogP contribution in [0.15, 0.2) is 109 Å². The Kier molecular flexibility index (Phi) is 62.3. The zero-order valence-electron chi connectivity index (χ0n) is 51.2. The molecule has 0 saturated carbocycles. The summed E-state index contributed by atoms with van der Waals surface area (Å²) < 4.78 is 16.8. The number of esters is 3. The maximum Gasteiger partial charge on any atom is 0.310 e. The molecule has 6 heteroatoms. The molecule has 0 aromatic heterocycles. The first-order valence-electron chi connectivity index (χ1n) is 32.9. The van der Waals surface area contributed by atoms with Gasteiger partial charge in [0.2, 0.25) is 0 Å². The Bertz CT molecular complexity index is 1570. The molecule has 1 unspecified atom stereocenters. The molecule has 0 spiro atoms. The van der Waals surface area contributed by atoms with Gasteiger partial charge in [0.1, 0.15) is 13.2 Å².